The Morgan fingerprint density at radius 3 is 2.10 bits per heavy atom. The molecule has 1 N–H and O–H groups in total. The summed E-state index contributed by atoms with van der Waals surface area (Å²) in [5, 5.41) is 4.44. The van der Waals surface area contributed by atoms with Crippen LogP contribution in [-0.4, -0.2) is 5.91 Å². The van der Waals surface area contributed by atoms with Gasteiger partial charge in [0, 0.05) is 16.9 Å². The lowest BCUT2D eigenvalue weighted by Gasteiger charge is -2.06. The molecule has 0 bridgehead atoms. The molecule has 2 nitrogen and oxygen atoms in total. The minimum Gasteiger partial charge on any atom is -0.352 e. The highest BCUT2D eigenvalue weighted by atomic mass is 79.9. The molecule has 104 valence electrons. The van der Waals surface area contributed by atoms with Gasteiger partial charge >= 0.3 is 0 Å². The predicted molar refractivity (Wildman–Crippen MR) is 86.1 cm³/mol. The van der Waals surface area contributed by atoms with Gasteiger partial charge in [0.25, 0.3) is 0 Å². The number of hydrogen-bond acceptors (Lipinski definition) is 1. The Bertz CT molecular complexity index is 566. The number of carbonyl (C=O) groups excluding carboxylic acids is 1. The molecule has 0 aliphatic heterocycles. The summed E-state index contributed by atoms with van der Waals surface area (Å²) >= 11 is 9.22. The monoisotopic (exact) mass is 351 g/mol. The first kappa shape index (κ1) is 15.1. The van der Waals surface area contributed by atoms with Gasteiger partial charge in [-0.1, -0.05) is 63.9 Å². The molecule has 0 aliphatic carbocycles. The van der Waals surface area contributed by atoms with E-state index < -0.39 is 0 Å². The number of benzene rings is 2. The van der Waals surface area contributed by atoms with E-state index >= 15 is 0 Å². The van der Waals surface area contributed by atoms with Crippen LogP contribution in [0.1, 0.15) is 16.7 Å². The molecular formula is C16H15BrClNO. The lowest BCUT2D eigenvalue weighted by molar-refractivity contribution is -0.120. The van der Waals surface area contributed by atoms with E-state index in [1.165, 1.54) is 5.56 Å². The highest BCUT2D eigenvalue weighted by Gasteiger charge is 2.03. The standard InChI is InChI=1S/C16H15BrClNO/c17-10-13-1-3-14(4-2-13)11-19-16(20)9-12-5-7-15(18)8-6-12/h1-8H,9-11H2,(H,19,20). The number of amides is 1. The van der Waals surface area contributed by atoms with Crippen molar-refractivity contribution in [3.63, 3.8) is 0 Å². The molecule has 0 aliphatic rings. The lowest BCUT2D eigenvalue weighted by atomic mass is 10.1. The van der Waals surface area contributed by atoms with E-state index in [1.807, 2.05) is 24.3 Å². The number of carbonyl (C=O) groups is 1. The number of nitrogens with one attached hydrogen (secondary N) is 1. The van der Waals surface area contributed by atoms with Crippen LogP contribution in [0.3, 0.4) is 0 Å². The number of hydrogen-bond donors (Lipinski definition) is 1. The molecule has 0 heterocycles. The van der Waals surface area contributed by atoms with Gasteiger partial charge in [-0.15, -0.1) is 0 Å². The van der Waals surface area contributed by atoms with Crippen molar-refractivity contribution in [3.05, 3.63) is 70.2 Å². The molecule has 0 saturated heterocycles. The van der Waals surface area contributed by atoms with Gasteiger partial charge in [0.2, 0.25) is 5.91 Å². The van der Waals surface area contributed by atoms with Gasteiger partial charge < -0.3 is 5.32 Å². The van der Waals surface area contributed by atoms with E-state index in [2.05, 4.69) is 33.4 Å². The van der Waals surface area contributed by atoms with E-state index in [0.717, 1.165) is 16.5 Å². The second kappa shape index (κ2) is 7.46. The molecule has 2 aromatic carbocycles. The van der Waals surface area contributed by atoms with Crippen molar-refractivity contribution in [1.82, 2.24) is 5.32 Å². The zero-order valence-corrected chi connectivity index (χ0v) is 13.2. The Morgan fingerprint density at radius 2 is 1.50 bits per heavy atom. The predicted octanol–water partition coefficient (Wildman–Crippen LogP) is 4.09. The van der Waals surface area contributed by atoms with Gasteiger partial charge in [-0.3, -0.25) is 4.79 Å². The van der Waals surface area contributed by atoms with Gasteiger partial charge in [-0.2, -0.15) is 0 Å². The molecule has 0 radical (unpaired) electrons. The van der Waals surface area contributed by atoms with E-state index in [-0.39, 0.29) is 5.91 Å². The molecule has 0 atom stereocenters. The minimum atomic E-state index is 0.0110. The number of halogens is 2. The summed E-state index contributed by atoms with van der Waals surface area (Å²) in [6, 6.07) is 15.5. The van der Waals surface area contributed by atoms with Crippen LogP contribution in [-0.2, 0) is 23.1 Å². The maximum Gasteiger partial charge on any atom is 0.224 e. The van der Waals surface area contributed by atoms with Crippen LogP contribution in [0.4, 0.5) is 0 Å². The van der Waals surface area contributed by atoms with Gasteiger partial charge in [0.15, 0.2) is 0 Å². The first-order chi connectivity index (χ1) is 9.67. The summed E-state index contributed by atoms with van der Waals surface area (Å²) in [6.45, 7) is 0.551. The van der Waals surface area contributed by atoms with Crippen molar-refractivity contribution in [3.8, 4) is 0 Å². The molecule has 0 spiro atoms. The van der Waals surface area contributed by atoms with Crippen LogP contribution in [0.25, 0.3) is 0 Å². The Morgan fingerprint density at radius 1 is 0.950 bits per heavy atom. The molecule has 0 saturated carbocycles. The van der Waals surface area contributed by atoms with Crippen molar-refractivity contribution >= 4 is 33.4 Å². The summed E-state index contributed by atoms with van der Waals surface area (Å²) in [4.78, 5) is 11.8. The number of alkyl halides is 1. The highest BCUT2D eigenvalue weighted by molar-refractivity contribution is 9.08. The molecule has 2 aromatic rings. The third-order valence-corrected chi connectivity index (χ3v) is 3.84. The molecule has 4 heteroatoms. The second-order valence-corrected chi connectivity index (χ2v) is 5.53. The van der Waals surface area contributed by atoms with E-state index in [0.29, 0.717) is 18.0 Å². The van der Waals surface area contributed by atoms with Gasteiger partial charge in [0.1, 0.15) is 0 Å². The molecule has 0 unspecified atom stereocenters. The van der Waals surface area contributed by atoms with E-state index in [1.54, 1.807) is 12.1 Å². The maximum absolute atomic E-state index is 11.8. The SMILES string of the molecule is O=C(Cc1ccc(Cl)cc1)NCc1ccc(CBr)cc1. The fourth-order valence-electron chi connectivity index (χ4n) is 1.80. The first-order valence-corrected chi connectivity index (χ1v) is 7.82. The zero-order chi connectivity index (χ0) is 14.4. The fourth-order valence-corrected chi connectivity index (χ4v) is 2.30. The third kappa shape index (κ3) is 4.66. The largest absolute Gasteiger partial charge is 0.352 e. The molecule has 1 amide bonds. The minimum absolute atomic E-state index is 0.0110. The first-order valence-electron chi connectivity index (χ1n) is 6.32. The van der Waals surface area contributed by atoms with E-state index in [9.17, 15) is 4.79 Å². The van der Waals surface area contributed by atoms with Gasteiger partial charge in [-0.25, -0.2) is 0 Å². The fraction of sp³-hybridized carbons (Fsp3) is 0.188. The van der Waals surface area contributed by atoms with Crippen molar-refractivity contribution in [2.24, 2.45) is 0 Å². The average molecular weight is 353 g/mol. The lowest BCUT2D eigenvalue weighted by Crippen LogP contribution is -2.24. The maximum atomic E-state index is 11.8. The van der Waals surface area contributed by atoms with Crippen LogP contribution in [0.2, 0.25) is 5.02 Å². The highest BCUT2D eigenvalue weighted by Crippen LogP contribution is 2.10. The summed E-state index contributed by atoms with van der Waals surface area (Å²) in [6.07, 6.45) is 0.372. The van der Waals surface area contributed by atoms with Crippen LogP contribution >= 0.6 is 27.5 Å². The Balaban J connectivity index is 1.83. The third-order valence-electron chi connectivity index (χ3n) is 2.94. The summed E-state index contributed by atoms with van der Waals surface area (Å²) in [5.41, 5.74) is 3.28. The Kier molecular flexibility index (Phi) is 5.62. The van der Waals surface area contributed by atoms with Gasteiger partial charge in [0.05, 0.1) is 6.42 Å². The van der Waals surface area contributed by atoms with Crippen LogP contribution in [0, 0.1) is 0 Å². The van der Waals surface area contributed by atoms with Crippen LogP contribution in [0.15, 0.2) is 48.5 Å². The Hall–Kier alpha value is -1.32. The summed E-state index contributed by atoms with van der Waals surface area (Å²) in [5.74, 6) is 0.0110. The second-order valence-electron chi connectivity index (χ2n) is 4.53. The smallest absolute Gasteiger partial charge is 0.224 e. The van der Waals surface area contributed by atoms with E-state index in [4.69, 9.17) is 11.6 Å². The van der Waals surface area contributed by atoms with Crippen LogP contribution in [0.5, 0.6) is 0 Å². The Labute approximate surface area is 132 Å². The average Bonchev–Trinajstić information content (AvgIpc) is 2.48. The van der Waals surface area contributed by atoms with Crippen molar-refractivity contribution in [1.29, 1.82) is 0 Å². The van der Waals surface area contributed by atoms with Gasteiger partial charge in [-0.05, 0) is 28.8 Å². The molecule has 2 rings (SSSR count). The number of rotatable bonds is 5. The van der Waals surface area contributed by atoms with Crippen molar-refractivity contribution < 1.29 is 4.79 Å². The van der Waals surface area contributed by atoms with Crippen molar-refractivity contribution in [2.45, 2.75) is 18.3 Å². The summed E-state index contributed by atoms with van der Waals surface area (Å²) < 4.78 is 0. The molecule has 0 aromatic heterocycles. The summed E-state index contributed by atoms with van der Waals surface area (Å²) in [7, 11) is 0. The van der Waals surface area contributed by atoms with Crippen LogP contribution < -0.4 is 5.32 Å². The quantitative estimate of drug-likeness (QED) is 0.807. The van der Waals surface area contributed by atoms with Crippen molar-refractivity contribution in [2.75, 3.05) is 0 Å². The normalized spacial score (nSPS) is 10.3. The zero-order valence-electron chi connectivity index (χ0n) is 10.9. The topological polar surface area (TPSA) is 29.1 Å². The molecule has 0 fully saturated rings. The molecular weight excluding hydrogens is 338 g/mol. The molecule has 20 heavy (non-hydrogen) atoms.